The molecule has 1 aromatic carbocycles. The van der Waals surface area contributed by atoms with E-state index in [0.29, 0.717) is 5.56 Å². The molecule has 0 bridgehead atoms. The van der Waals surface area contributed by atoms with Gasteiger partial charge in [-0.05, 0) is 17.5 Å². The summed E-state index contributed by atoms with van der Waals surface area (Å²) in [6, 6.07) is 6.29. The monoisotopic (exact) mass is 497 g/mol. The number of hydrogen-bond acceptors (Lipinski definition) is 0. The summed E-state index contributed by atoms with van der Waals surface area (Å²) in [7, 11) is 0. The molecule has 1 unspecified atom stereocenters. The third-order valence-corrected chi connectivity index (χ3v) is 8.61. The first-order valence-corrected chi connectivity index (χ1v) is 9.57. The average Bonchev–Trinajstić information content (AvgIpc) is 2.44. The Labute approximate surface area is 180 Å². The highest BCUT2D eigenvalue weighted by Crippen LogP contribution is 2.65. The third kappa shape index (κ3) is 4.21. The Morgan fingerprint density at radius 2 is 1.35 bits per heavy atom. The largest absolute Gasteiger partial charge is 0.228 e. The van der Waals surface area contributed by atoms with Gasteiger partial charge in [0, 0.05) is 0 Å². The summed E-state index contributed by atoms with van der Waals surface area (Å²) in [6.45, 7) is 1.71. The van der Waals surface area contributed by atoms with Gasteiger partial charge in [0.2, 0.25) is 8.13 Å². The summed E-state index contributed by atoms with van der Waals surface area (Å²) in [5.74, 6) is 0. The minimum absolute atomic E-state index is 0.134. The maximum Gasteiger partial charge on any atom is 0.226 e. The van der Waals surface area contributed by atoms with Gasteiger partial charge in [0.25, 0.3) is 0 Å². The van der Waals surface area contributed by atoms with E-state index < -0.39 is 22.9 Å². The smallest absolute Gasteiger partial charge is 0.226 e. The molecule has 10 heteroatoms. The molecule has 1 nitrogen and oxygen atoms in total. The van der Waals surface area contributed by atoms with Crippen molar-refractivity contribution in [2.75, 3.05) is 0 Å². The van der Waals surface area contributed by atoms with E-state index in [-0.39, 0.29) is 12.0 Å². The first-order valence-electron chi connectivity index (χ1n) is 6.17. The van der Waals surface area contributed by atoms with Crippen LogP contribution in [0.15, 0.2) is 24.3 Å². The maximum atomic E-state index is 12.2. The van der Waals surface area contributed by atoms with Crippen LogP contribution in [0, 0.1) is 0 Å². The van der Waals surface area contributed by atoms with Gasteiger partial charge in [-0.15, -0.1) is 0 Å². The lowest BCUT2D eigenvalue weighted by Gasteiger charge is -2.44. The Kier molecular flexibility index (Phi) is 7.75. The van der Waals surface area contributed by atoms with Gasteiger partial charge in [0.15, 0.2) is 8.67 Å². The Morgan fingerprint density at radius 1 is 0.870 bits per heavy atom. The number of benzene rings is 1. The second kappa shape index (κ2) is 7.80. The van der Waals surface area contributed by atoms with Gasteiger partial charge < -0.3 is 0 Å². The van der Waals surface area contributed by atoms with Crippen LogP contribution >= 0.6 is 104 Å². The predicted octanol–water partition coefficient (Wildman–Crippen LogP) is 7.92. The Hall–Kier alpha value is 1.79. The van der Waals surface area contributed by atoms with E-state index in [9.17, 15) is 5.11 Å². The van der Waals surface area contributed by atoms with E-state index in [4.69, 9.17) is 104 Å². The van der Waals surface area contributed by atoms with E-state index in [1.54, 1.807) is 25.1 Å². The molecule has 1 rings (SSSR count). The number of hydrogen-bond donors (Lipinski definition) is 0. The fourth-order valence-corrected chi connectivity index (χ4v) is 4.14. The first kappa shape index (κ1) is 22.8. The fraction of sp³-hybridized carbons (Fsp3) is 0.538. The van der Waals surface area contributed by atoms with Gasteiger partial charge in [-0.25, -0.2) is 5.11 Å². The van der Waals surface area contributed by atoms with Gasteiger partial charge in [0.05, 0.1) is 0 Å². The van der Waals surface area contributed by atoms with E-state index in [1.165, 1.54) is 6.07 Å². The summed E-state index contributed by atoms with van der Waals surface area (Å²) < 4.78 is -9.22. The second-order valence-corrected chi connectivity index (χ2v) is 11.0. The van der Waals surface area contributed by atoms with Crippen molar-refractivity contribution in [1.29, 1.82) is 0 Å². The summed E-state index contributed by atoms with van der Waals surface area (Å²) in [5, 5.41) is 12.2. The van der Waals surface area contributed by atoms with Gasteiger partial charge in [-0.2, -0.15) is 0 Å². The van der Waals surface area contributed by atoms with Crippen LogP contribution in [-0.2, 0) is 9.44 Å². The van der Waals surface area contributed by atoms with E-state index in [0.717, 1.165) is 0 Å². The molecule has 131 valence electrons. The van der Waals surface area contributed by atoms with Crippen molar-refractivity contribution < 1.29 is 5.11 Å². The van der Waals surface area contributed by atoms with Crippen LogP contribution in [0.1, 0.15) is 30.6 Å². The summed E-state index contributed by atoms with van der Waals surface area (Å²) in [5.41, 5.74) is 0.425. The van der Waals surface area contributed by atoms with Crippen molar-refractivity contribution in [3.05, 3.63) is 35.4 Å². The lowest BCUT2D eigenvalue weighted by atomic mass is 9.95. The van der Waals surface area contributed by atoms with Crippen molar-refractivity contribution in [2.24, 2.45) is 0 Å². The molecule has 1 atom stereocenters. The Balaban J connectivity index is 3.53. The van der Waals surface area contributed by atoms with Crippen molar-refractivity contribution in [3.8, 4) is 0 Å². The third-order valence-electron chi connectivity index (χ3n) is 3.16. The van der Waals surface area contributed by atoms with Crippen LogP contribution in [0.25, 0.3) is 0 Å². The van der Waals surface area contributed by atoms with E-state index >= 15 is 0 Å². The van der Waals surface area contributed by atoms with Crippen molar-refractivity contribution in [2.45, 2.75) is 36.2 Å². The van der Waals surface area contributed by atoms with Gasteiger partial charge in [-0.3, -0.25) is 0 Å². The maximum absolute atomic E-state index is 12.2. The van der Waals surface area contributed by atoms with Gasteiger partial charge in [0.1, 0.15) is 6.10 Å². The van der Waals surface area contributed by atoms with Crippen LogP contribution < -0.4 is 0 Å². The quantitative estimate of drug-likeness (QED) is 0.366. The van der Waals surface area contributed by atoms with Gasteiger partial charge >= 0.3 is 0 Å². The molecule has 0 heterocycles. The minimum Gasteiger partial charge on any atom is -0.228 e. The van der Waals surface area contributed by atoms with Crippen LogP contribution in [0.2, 0.25) is 0 Å². The molecule has 0 fully saturated rings. The molecule has 0 aliphatic carbocycles. The Bertz CT molecular complexity index is 551. The Morgan fingerprint density at radius 3 is 1.78 bits per heavy atom. The molecule has 1 radical (unpaired) electrons. The lowest BCUT2D eigenvalue weighted by molar-refractivity contribution is 0.0846. The zero-order valence-corrected chi connectivity index (χ0v) is 18.2. The summed E-state index contributed by atoms with van der Waals surface area (Å²) in [4.78, 5) is 0. The second-order valence-electron chi connectivity index (χ2n) is 4.71. The number of halogens is 9. The molecule has 0 aromatic heterocycles. The van der Waals surface area contributed by atoms with E-state index in [1.807, 2.05) is 0 Å². The zero-order valence-electron chi connectivity index (χ0n) is 11.4. The van der Waals surface area contributed by atoms with E-state index in [2.05, 4.69) is 0 Å². The zero-order chi connectivity index (χ0) is 18.3. The molecule has 0 aliphatic heterocycles. The van der Waals surface area contributed by atoms with Crippen LogP contribution in [0.3, 0.4) is 0 Å². The van der Waals surface area contributed by atoms with Crippen molar-refractivity contribution in [1.82, 2.24) is 0 Å². The highest BCUT2D eigenvalue weighted by molar-refractivity contribution is 6.80. The normalized spacial score (nSPS) is 15.6. The lowest BCUT2D eigenvalue weighted by Crippen LogP contribution is -2.55. The number of alkyl halides is 9. The minimum atomic E-state index is -2.39. The SMILES string of the molecule is CCC([O])c1ccccc1C(Cl)(Cl)C(Cl)(Cl)C(Cl)(Cl)C(Cl)(Cl)Cl. The highest BCUT2D eigenvalue weighted by Gasteiger charge is 2.68. The summed E-state index contributed by atoms with van der Waals surface area (Å²) >= 11 is 54.6. The molecular formula is C13H10Cl9O. The van der Waals surface area contributed by atoms with Crippen molar-refractivity contribution >= 4 is 104 Å². The van der Waals surface area contributed by atoms with Crippen LogP contribution in [0.4, 0.5) is 0 Å². The molecule has 23 heavy (non-hydrogen) atoms. The topological polar surface area (TPSA) is 19.9 Å². The average molecular weight is 501 g/mol. The van der Waals surface area contributed by atoms with Crippen molar-refractivity contribution in [3.63, 3.8) is 0 Å². The molecule has 0 amide bonds. The number of rotatable bonds is 5. The molecule has 0 spiro atoms. The molecule has 0 saturated carbocycles. The fourth-order valence-electron chi connectivity index (χ4n) is 1.83. The molecule has 0 N–H and O–H groups in total. The highest BCUT2D eigenvalue weighted by atomic mass is 35.6. The summed E-state index contributed by atoms with van der Waals surface area (Å²) in [6.07, 6.45) is -0.824. The standard InChI is InChI=1S/C13H10Cl9O/c1-2-9(23)7-5-3-4-6-8(7)10(14,15)11(16,17)12(18,19)13(20,21)22/h3-6,9H,2H2,1H3. The van der Waals surface area contributed by atoms with Gasteiger partial charge in [-0.1, -0.05) is 136 Å². The molecular weight excluding hydrogens is 491 g/mol. The van der Waals surface area contributed by atoms with Crippen LogP contribution in [0.5, 0.6) is 0 Å². The van der Waals surface area contributed by atoms with Crippen LogP contribution in [-0.4, -0.2) is 12.5 Å². The molecule has 1 aromatic rings. The predicted molar refractivity (Wildman–Crippen MR) is 103 cm³/mol. The molecule has 0 aliphatic rings. The molecule has 0 saturated heterocycles. The first-order chi connectivity index (χ1) is 10.2.